The second-order valence-corrected chi connectivity index (χ2v) is 4.79. The molecule has 2 nitrogen and oxygen atoms in total. The van der Waals surface area contributed by atoms with Gasteiger partial charge in [0.15, 0.2) is 0 Å². The minimum atomic E-state index is 0.399. The molecule has 1 aromatic rings. The fourth-order valence-corrected chi connectivity index (χ4v) is 1.76. The van der Waals surface area contributed by atoms with Gasteiger partial charge in [-0.05, 0) is 56.8 Å². The van der Waals surface area contributed by atoms with Gasteiger partial charge in [0.2, 0.25) is 0 Å². The van der Waals surface area contributed by atoms with Crippen molar-refractivity contribution >= 4 is 0 Å². The van der Waals surface area contributed by atoms with Crippen molar-refractivity contribution < 1.29 is 4.74 Å². The molecule has 2 rings (SSSR count). The SMILES string of the molecule is CNC(C)c1ccc(OCC2CC2)c(C)c1. The second-order valence-electron chi connectivity index (χ2n) is 4.79. The third-order valence-electron chi connectivity index (χ3n) is 3.30. The number of nitrogens with one attached hydrogen (secondary N) is 1. The first-order chi connectivity index (χ1) is 7.70. The summed E-state index contributed by atoms with van der Waals surface area (Å²) in [5.41, 5.74) is 2.55. The fraction of sp³-hybridized carbons (Fsp3) is 0.571. The average Bonchev–Trinajstić information content (AvgIpc) is 3.10. The lowest BCUT2D eigenvalue weighted by Gasteiger charge is -2.14. The number of aryl methyl sites for hydroxylation is 1. The highest BCUT2D eigenvalue weighted by Gasteiger charge is 2.22. The van der Waals surface area contributed by atoms with Crippen LogP contribution in [-0.4, -0.2) is 13.7 Å². The summed E-state index contributed by atoms with van der Waals surface area (Å²) < 4.78 is 5.81. The summed E-state index contributed by atoms with van der Waals surface area (Å²) in [6.45, 7) is 5.18. The maximum Gasteiger partial charge on any atom is 0.122 e. The Morgan fingerprint density at radius 3 is 2.75 bits per heavy atom. The van der Waals surface area contributed by atoms with Gasteiger partial charge < -0.3 is 10.1 Å². The summed E-state index contributed by atoms with van der Waals surface area (Å²) in [4.78, 5) is 0. The summed E-state index contributed by atoms with van der Waals surface area (Å²) in [5, 5.41) is 3.25. The van der Waals surface area contributed by atoms with E-state index >= 15 is 0 Å². The highest BCUT2D eigenvalue weighted by molar-refractivity contribution is 5.37. The Kier molecular flexibility index (Phi) is 3.49. The molecule has 0 radical (unpaired) electrons. The van der Waals surface area contributed by atoms with E-state index in [1.165, 1.54) is 24.0 Å². The molecule has 1 saturated carbocycles. The van der Waals surface area contributed by atoms with E-state index in [9.17, 15) is 0 Å². The van der Waals surface area contributed by atoms with Crippen molar-refractivity contribution in [2.24, 2.45) is 5.92 Å². The van der Waals surface area contributed by atoms with Gasteiger partial charge in [-0.3, -0.25) is 0 Å². The Morgan fingerprint density at radius 2 is 2.19 bits per heavy atom. The minimum Gasteiger partial charge on any atom is -0.493 e. The molecule has 1 atom stereocenters. The van der Waals surface area contributed by atoms with Crippen LogP contribution >= 0.6 is 0 Å². The number of hydrogen-bond acceptors (Lipinski definition) is 2. The Hall–Kier alpha value is -1.02. The molecule has 1 unspecified atom stereocenters. The summed E-state index contributed by atoms with van der Waals surface area (Å²) in [6.07, 6.45) is 2.68. The molecular weight excluding hydrogens is 198 g/mol. The highest BCUT2D eigenvalue weighted by atomic mass is 16.5. The molecule has 0 amide bonds. The van der Waals surface area contributed by atoms with Crippen molar-refractivity contribution in [2.45, 2.75) is 32.7 Å². The number of hydrogen-bond donors (Lipinski definition) is 1. The lowest BCUT2D eigenvalue weighted by Crippen LogP contribution is -2.12. The van der Waals surface area contributed by atoms with E-state index in [0.29, 0.717) is 6.04 Å². The monoisotopic (exact) mass is 219 g/mol. The maximum atomic E-state index is 5.81. The van der Waals surface area contributed by atoms with Crippen LogP contribution in [0.3, 0.4) is 0 Å². The summed E-state index contributed by atoms with van der Waals surface area (Å²) >= 11 is 0. The van der Waals surface area contributed by atoms with Gasteiger partial charge in [0.25, 0.3) is 0 Å². The van der Waals surface area contributed by atoms with Gasteiger partial charge >= 0.3 is 0 Å². The zero-order chi connectivity index (χ0) is 11.5. The van der Waals surface area contributed by atoms with Crippen LogP contribution in [0.4, 0.5) is 0 Å². The smallest absolute Gasteiger partial charge is 0.122 e. The molecule has 16 heavy (non-hydrogen) atoms. The Labute approximate surface area is 98.0 Å². The van der Waals surface area contributed by atoms with Crippen molar-refractivity contribution in [3.63, 3.8) is 0 Å². The fourth-order valence-electron chi connectivity index (χ4n) is 1.76. The number of rotatable bonds is 5. The first-order valence-electron chi connectivity index (χ1n) is 6.11. The van der Waals surface area contributed by atoms with Crippen LogP contribution in [0, 0.1) is 12.8 Å². The molecule has 1 aromatic carbocycles. The molecule has 0 aliphatic heterocycles. The predicted molar refractivity (Wildman–Crippen MR) is 66.9 cm³/mol. The first kappa shape index (κ1) is 11.5. The molecule has 0 bridgehead atoms. The van der Waals surface area contributed by atoms with Crippen molar-refractivity contribution in [1.29, 1.82) is 0 Å². The summed E-state index contributed by atoms with van der Waals surface area (Å²) in [7, 11) is 1.98. The lowest BCUT2D eigenvalue weighted by molar-refractivity contribution is 0.297. The standard InChI is InChI=1S/C14H21NO/c1-10-8-13(11(2)15-3)6-7-14(10)16-9-12-4-5-12/h6-8,11-12,15H,4-5,9H2,1-3H3. The molecule has 0 heterocycles. The second kappa shape index (κ2) is 4.88. The molecule has 1 aliphatic rings. The van der Waals surface area contributed by atoms with Gasteiger partial charge in [0.05, 0.1) is 6.61 Å². The highest BCUT2D eigenvalue weighted by Crippen LogP contribution is 2.30. The largest absolute Gasteiger partial charge is 0.493 e. The van der Waals surface area contributed by atoms with Crippen LogP contribution in [-0.2, 0) is 0 Å². The molecule has 1 N–H and O–H groups in total. The summed E-state index contributed by atoms with van der Waals surface area (Å²) in [6, 6.07) is 6.86. The first-order valence-corrected chi connectivity index (χ1v) is 6.11. The minimum absolute atomic E-state index is 0.399. The van der Waals surface area contributed by atoms with Crippen LogP contribution in [0.1, 0.15) is 36.9 Å². The zero-order valence-electron chi connectivity index (χ0n) is 10.4. The number of ether oxygens (including phenoxy) is 1. The van der Waals surface area contributed by atoms with Gasteiger partial charge in [0.1, 0.15) is 5.75 Å². The molecule has 1 fully saturated rings. The molecule has 0 aromatic heterocycles. The molecule has 2 heteroatoms. The van der Waals surface area contributed by atoms with Gasteiger partial charge in [-0.25, -0.2) is 0 Å². The van der Waals surface area contributed by atoms with Crippen LogP contribution in [0.25, 0.3) is 0 Å². The van der Waals surface area contributed by atoms with Crippen LogP contribution in [0.2, 0.25) is 0 Å². The third-order valence-corrected chi connectivity index (χ3v) is 3.30. The van der Waals surface area contributed by atoms with Gasteiger partial charge in [0, 0.05) is 6.04 Å². The third kappa shape index (κ3) is 2.76. The Balaban J connectivity index is 2.02. The molecule has 88 valence electrons. The van der Waals surface area contributed by atoms with Crippen molar-refractivity contribution in [2.75, 3.05) is 13.7 Å². The van der Waals surface area contributed by atoms with E-state index in [2.05, 4.69) is 37.4 Å². The zero-order valence-corrected chi connectivity index (χ0v) is 10.4. The molecule has 1 aliphatic carbocycles. The number of benzene rings is 1. The Bertz CT molecular complexity index is 358. The molecule has 0 saturated heterocycles. The van der Waals surface area contributed by atoms with E-state index in [0.717, 1.165) is 18.3 Å². The van der Waals surface area contributed by atoms with Gasteiger partial charge in [-0.2, -0.15) is 0 Å². The van der Waals surface area contributed by atoms with Gasteiger partial charge in [-0.15, -0.1) is 0 Å². The Morgan fingerprint density at radius 1 is 1.44 bits per heavy atom. The quantitative estimate of drug-likeness (QED) is 0.821. The van der Waals surface area contributed by atoms with E-state index in [1.807, 2.05) is 7.05 Å². The predicted octanol–water partition coefficient (Wildman–Crippen LogP) is 3.06. The normalized spacial score (nSPS) is 17.2. The van der Waals surface area contributed by atoms with Crippen LogP contribution in [0.15, 0.2) is 18.2 Å². The van der Waals surface area contributed by atoms with Crippen LogP contribution in [0.5, 0.6) is 5.75 Å². The van der Waals surface area contributed by atoms with E-state index in [-0.39, 0.29) is 0 Å². The van der Waals surface area contributed by atoms with Crippen molar-refractivity contribution in [3.05, 3.63) is 29.3 Å². The maximum absolute atomic E-state index is 5.81. The van der Waals surface area contributed by atoms with E-state index < -0.39 is 0 Å². The topological polar surface area (TPSA) is 21.3 Å². The van der Waals surface area contributed by atoms with Crippen molar-refractivity contribution in [1.82, 2.24) is 5.32 Å². The molecular formula is C14H21NO. The average molecular weight is 219 g/mol. The van der Waals surface area contributed by atoms with Gasteiger partial charge in [-0.1, -0.05) is 12.1 Å². The van der Waals surface area contributed by atoms with Crippen molar-refractivity contribution in [3.8, 4) is 5.75 Å². The lowest BCUT2D eigenvalue weighted by atomic mass is 10.1. The van der Waals surface area contributed by atoms with E-state index in [1.54, 1.807) is 0 Å². The summed E-state index contributed by atoms with van der Waals surface area (Å²) in [5.74, 6) is 1.86. The molecule has 0 spiro atoms. The van der Waals surface area contributed by atoms with E-state index in [4.69, 9.17) is 4.74 Å². The van der Waals surface area contributed by atoms with Crippen LogP contribution < -0.4 is 10.1 Å².